The van der Waals surface area contributed by atoms with Crippen LogP contribution in [0.2, 0.25) is 0 Å². The molecule has 1 aromatic heterocycles. The molecule has 1 heterocycles. The van der Waals surface area contributed by atoms with Gasteiger partial charge in [0.05, 0.1) is 0 Å². The van der Waals surface area contributed by atoms with Crippen molar-refractivity contribution in [2.75, 3.05) is 11.9 Å². The van der Waals surface area contributed by atoms with Gasteiger partial charge in [0.15, 0.2) is 0 Å². The highest BCUT2D eigenvalue weighted by atomic mass is 16.1. The second-order valence-corrected chi connectivity index (χ2v) is 5.65. The number of anilines is 1. The Bertz CT molecular complexity index is 635. The summed E-state index contributed by atoms with van der Waals surface area (Å²) >= 11 is 0. The molecule has 1 aromatic carbocycles. The predicted octanol–water partition coefficient (Wildman–Crippen LogP) is 2.71. The van der Waals surface area contributed by atoms with E-state index < -0.39 is 5.91 Å². The van der Waals surface area contributed by atoms with Crippen LogP contribution in [0.1, 0.15) is 35.2 Å². The molecule has 108 valence electrons. The average Bonchev–Trinajstić information content (AvgIpc) is 2.47. The first-order valence-electron chi connectivity index (χ1n) is 7.25. The molecule has 0 spiro atoms. The quantitative estimate of drug-likeness (QED) is 0.885. The molecular formula is C17H19N3O. The van der Waals surface area contributed by atoms with E-state index in [-0.39, 0.29) is 5.41 Å². The number of nitrogens with zero attached hydrogens (tertiary/aromatic N) is 1. The highest BCUT2D eigenvalue weighted by Gasteiger charge is 2.38. The van der Waals surface area contributed by atoms with E-state index in [2.05, 4.69) is 34.6 Å². The number of nitrogens with one attached hydrogen (secondary N) is 1. The van der Waals surface area contributed by atoms with Crippen molar-refractivity contribution in [2.24, 2.45) is 5.73 Å². The zero-order valence-electron chi connectivity index (χ0n) is 11.9. The molecule has 1 aliphatic carbocycles. The highest BCUT2D eigenvalue weighted by Crippen LogP contribution is 2.43. The van der Waals surface area contributed by atoms with Crippen molar-refractivity contribution in [2.45, 2.75) is 24.7 Å². The van der Waals surface area contributed by atoms with Crippen LogP contribution in [-0.4, -0.2) is 17.4 Å². The van der Waals surface area contributed by atoms with E-state index in [0.29, 0.717) is 11.4 Å². The number of pyridine rings is 1. The van der Waals surface area contributed by atoms with Gasteiger partial charge in [-0.1, -0.05) is 36.8 Å². The summed E-state index contributed by atoms with van der Waals surface area (Å²) in [4.78, 5) is 15.5. The Morgan fingerprint density at radius 1 is 1.24 bits per heavy atom. The summed E-state index contributed by atoms with van der Waals surface area (Å²) < 4.78 is 0. The van der Waals surface area contributed by atoms with E-state index in [0.717, 1.165) is 6.54 Å². The summed E-state index contributed by atoms with van der Waals surface area (Å²) in [5, 5.41) is 3.36. The van der Waals surface area contributed by atoms with Gasteiger partial charge in [0, 0.05) is 23.7 Å². The Kier molecular flexibility index (Phi) is 3.60. The maximum Gasteiger partial charge on any atom is 0.248 e. The van der Waals surface area contributed by atoms with Gasteiger partial charge in [0.25, 0.3) is 0 Å². The van der Waals surface area contributed by atoms with Crippen LogP contribution in [0, 0.1) is 0 Å². The summed E-state index contributed by atoms with van der Waals surface area (Å²) in [6.07, 6.45) is 5.22. The van der Waals surface area contributed by atoms with Crippen LogP contribution >= 0.6 is 0 Å². The fraction of sp³-hybridized carbons (Fsp3) is 0.294. The Labute approximate surface area is 124 Å². The van der Waals surface area contributed by atoms with E-state index in [4.69, 9.17) is 5.73 Å². The second kappa shape index (κ2) is 5.56. The lowest BCUT2D eigenvalue weighted by Gasteiger charge is -2.42. The maximum absolute atomic E-state index is 11.2. The zero-order valence-corrected chi connectivity index (χ0v) is 11.9. The minimum atomic E-state index is -0.429. The summed E-state index contributed by atoms with van der Waals surface area (Å²) in [6, 6.07) is 13.9. The molecule has 2 aromatic rings. The number of primary amides is 1. The SMILES string of the molecule is NC(=O)c1ccnc(NCC2(c3ccccc3)CCC2)c1. The monoisotopic (exact) mass is 281 g/mol. The van der Waals surface area contributed by atoms with E-state index in [1.54, 1.807) is 18.3 Å². The van der Waals surface area contributed by atoms with Crippen LogP contribution in [0.15, 0.2) is 48.7 Å². The van der Waals surface area contributed by atoms with Crippen molar-refractivity contribution in [3.05, 3.63) is 59.8 Å². The van der Waals surface area contributed by atoms with Gasteiger partial charge in [-0.25, -0.2) is 4.98 Å². The van der Waals surface area contributed by atoms with Crippen molar-refractivity contribution in [3.8, 4) is 0 Å². The van der Waals surface area contributed by atoms with E-state index in [9.17, 15) is 4.79 Å². The molecule has 0 aliphatic heterocycles. The number of carbonyl (C=O) groups is 1. The van der Waals surface area contributed by atoms with Crippen LogP contribution in [-0.2, 0) is 5.41 Å². The first-order valence-corrected chi connectivity index (χ1v) is 7.25. The molecule has 1 amide bonds. The molecule has 0 bridgehead atoms. The second-order valence-electron chi connectivity index (χ2n) is 5.65. The molecule has 3 N–H and O–H groups in total. The number of amides is 1. The molecule has 21 heavy (non-hydrogen) atoms. The van der Waals surface area contributed by atoms with E-state index in [1.165, 1.54) is 24.8 Å². The third-order valence-corrected chi connectivity index (χ3v) is 4.35. The number of aromatic nitrogens is 1. The Morgan fingerprint density at radius 2 is 2.00 bits per heavy atom. The number of hydrogen-bond acceptors (Lipinski definition) is 3. The fourth-order valence-electron chi connectivity index (χ4n) is 2.90. The lowest BCUT2D eigenvalue weighted by Crippen LogP contribution is -2.41. The smallest absolute Gasteiger partial charge is 0.248 e. The van der Waals surface area contributed by atoms with Crippen LogP contribution in [0.4, 0.5) is 5.82 Å². The predicted molar refractivity (Wildman–Crippen MR) is 83.2 cm³/mol. The van der Waals surface area contributed by atoms with Gasteiger partial charge in [-0.05, 0) is 30.5 Å². The zero-order chi connectivity index (χ0) is 14.7. The van der Waals surface area contributed by atoms with Gasteiger partial charge in [-0.2, -0.15) is 0 Å². The van der Waals surface area contributed by atoms with Crippen molar-refractivity contribution in [3.63, 3.8) is 0 Å². The standard InChI is InChI=1S/C17H19N3O/c18-16(21)13-7-10-19-15(11-13)20-12-17(8-4-9-17)14-5-2-1-3-6-14/h1-3,5-7,10-11H,4,8-9,12H2,(H2,18,21)(H,19,20). The topological polar surface area (TPSA) is 68.0 Å². The van der Waals surface area contributed by atoms with Crippen molar-refractivity contribution in [1.82, 2.24) is 4.98 Å². The Morgan fingerprint density at radius 3 is 2.62 bits per heavy atom. The van der Waals surface area contributed by atoms with Crippen molar-refractivity contribution < 1.29 is 4.79 Å². The first-order chi connectivity index (χ1) is 10.2. The van der Waals surface area contributed by atoms with E-state index >= 15 is 0 Å². The molecule has 0 saturated heterocycles. The van der Waals surface area contributed by atoms with Gasteiger partial charge in [0.1, 0.15) is 5.82 Å². The first kappa shape index (κ1) is 13.6. The van der Waals surface area contributed by atoms with Crippen LogP contribution in [0.25, 0.3) is 0 Å². The molecule has 0 radical (unpaired) electrons. The minimum absolute atomic E-state index is 0.186. The number of carbonyl (C=O) groups excluding carboxylic acids is 1. The molecule has 0 unspecified atom stereocenters. The van der Waals surface area contributed by atoms with Gasteiger partial charge < -0.3 is 11.1 Å². The molecule has 0 atom stereocenters. The lowest BCUT2D eigenvalue weighted by atomic mass is 9.64. The minimum Gasteiger partial charge on any atom is -0.369 e. The molecule has 4 heteroatoms. The van der Waals surface area contributed by atoms with Gasteiger partial charge in [-0.15, -0.1) is 0 Å². The molecule has 1 saturated carbocycles. The van der Waals surface area contributed by atoms with Gasteiger partial charge in [-0.3, -0.25) is 4.79 Å². The molecule has 4 nitrogen and oxygen atoms in total. The van der Waals surface area contributed by atoms with Crippen LogP contribution in [0.3, 0.4) is 0 Å². The average molecular weight is 281 g/mol. The maximum atomic E-state index is 11.2. The number of rotatable bonds is 5. The summed E-state index contributed by atoms with van der Waals surface area (Å²) in [5.41, 5.74) is 7.34. The van der Waals surface area contributed by atoms with Crippen LogP contribution < -0.4 is 11.1 Å². The summed E-state index contributed by atoms with van der Waals surface area (Å²) in [7, 11) is 0. The molecule has 1 fully saturated rings. The van der Waals surface area contributed by atoms with E-state index in [1.807, 2.05) is 6.07 Å². The Balaban J connectivity index is 1.74. The number of nitrogens with two attached hydrogens (primary N) is 1. The summed E-state index contributed by atoms with van der Waals surface area (Å²) in [5.74, 6) is 0.273. The number of benzene rings is 1. The summed E-state index contributed by atoms with van der Waals surface area (Å²) in [6.45, 7) is 0.826. The van der Waals surface area contributed by atoms with Crippen molar-refractivity contribution >= 4 is 11.7 Å². The molecular weight excluding hydrogens is 262 g/mol. The highest BCUT2D eigenvalue weighted by molar-refractivity contribution is 5.93. The largest absolute Gasteiger partial charge is 0.369 e. The number of hydrogen-bond donors (Lipinski definition) is 2. The normalized spacial score (nSPS) is 16.0. The molecule has 3 rings (SSSR count). The van der Waals surface area contributed by atoms with Gasteiger partial charge in [0.2, 0.25) is 5.91 Å². The third-order valence-electron chi connectivity index (χ3n) is 4.35. The van der Waals surface area contributed by atoms with Crippen LogP contribution in [0.5, 0.6) is 0 Å². The fourth-order valence-corrected chi connectivity index (χ4v) is 2.90. The van der Waals surface area contributed by atoms with Crippen molar-refractivity contribution in [1.29, 1.82) is 0 Å². The third kappa shape index (κ3) is 2.75. The molecule has 1 aliphatic rings. The lowest BCUT2D eigenvalue weighted by molar-refractivity contribution is 0.1000. The van der Waals surface area contributed by atoms with Gasteiger partial charge >= 0.3 is 0 Å². The Hall–Kier alpha value is -2.36.